The lowest BCUT2D eigenvalue weighted by molar-refractivity contribution is 0.572. The Labute approximate surface area is 153 Å². The highest BCUT2D eigenvalue weighted by molar-refractivity contribution is 8.00. The van der Waals surface area contributed by atoms with Crippen molar-refractivity contribution in [3.05, 3.63) is 41.8 Å². The summed E-state index contributed by atoms with van der Waals surface area (Å²) in [5.74, 6) is 2.82. The molecule has 3 rings (SSSR count). The molecule has 0 radical (unpaired) electrons. The van der Waals surface area contributed by atoms with Crippen LogP contribution in [-0.2, 0) is 6.42 Å². The highest BCUT2D eigenvalue weighted by Crippen LogP contribution is 2.25. The first-order valence-electron chi connectivity index (χ1n) is 8.82. The predicted octanol–water partition coefficient (Wildman–Crippen LogP) is 3.25. The number of nitrogens with zero attached hydrogens (tertiary/aromatic N) is 2. The summed E-state index contributed by atoms with van der Waals surface area (Å²) >= 11 is 2.05. The van der Waals surface area contributed by atoms with Crippen molar-refractivity contribution in [1.82, 2.24) is 15.6 Å². The van der Waals surface area contributed by atoms with Crippen molar-refractivity contribution in [2.45, 2.75) is 31.4 Å². The Morgan fingerprint density at radius 1 is 1.32 bits per heavy atom. The first kappa shape index (κ1) is 17.9. The van der Waals surface area contributed by atoms with Gasteiger partial charge in [-0.15, -0.1) is 0 Å². The monoisotopic (exact) mass is 358 g/mol. The molecule has 0 amide bonds. The number of aliphatic imine (C=N–C) groups is 1. The van der Waals surface area contributed by atoms with Crippen LogP contribution in [0.5, 0.6) is 0 Å². The summed E-state index contributed by atoms with van der Waals surface area (Å²) < 4.78 is 5.60. The maximum Gasteiger partial charge on any atom is 0.226 e. The third-order valence-corrected chi connectivity index (χ3v) is 5.67. The zero-order valence-electron chi connectivity index (χ0n) is 14.9. The summed E-state index contributed by atoms with van der Waals surface area (Å²) in [4.78, 5) is 8.85. The average Bonchev–Trinajstić information content (AvgIpc) is 3.30. The second kappa shape index (κ2) is 8.94. The fourth-order valence-electron chi connectivity index (χ4n) is 2.80. The van der Waals surface area contributed by atoms with Gasteiger partial charge in [0, 0.05) is 37.4 Å². The quantitative estimate of drug-likeness (QED) is 0.613. The van der Waals surface area contributed by atoms with E-state index < -0.39 is 0 Å². The smallest absolute Gasteiger partial charge is 0.226 e. The van der Waals surface area contributed by atoms with E-state index in [0.717, 1.165) is 36.7 Å². The summed E-state index contributed by atoms with van der Waals surface area (Å²) in [6.45, 7) is 3.83. The van der Waals surface area contributed by atoms with E-state index in [1.54, 1.807) is 6.26 Å². The number of benzene rings is 1. The molecule has 2 heterocycles. The van der Waals surface area contributed by atoms with Gasteiger partial charge in [-0.25, -0.2) is 4.98 Å². The van der Waals surface area contributed by atoms with Gasteiger partial charge < -0.3 is 15.1 Å². The van der Waals surface area contributed by atoms with Crippen LogP contribution in [0.3, 0.4) is 0 Å². The molecule has 1 aliphatic heterocycles. The van der Waals surface area contributed by atoms with Crippen LogP contribution >= 0.6 is 11.8 Å². The van der Waals surface area contributed by atoms with E-state index in [1.807, 2.05) is 30.9 Å². The van der Waals surface area contributed by atoms with Gasteiger partial charge in [-0.3, -0.25) is 4.99 Å². The van der Waals surface area contributed by atoms with Crippen LogP contribution in [0.4, 0.5) is 0 Å². The molecular formula is C19H26N4OS. The molecule has 2 aromatic rings. The number of hydrogen-bond acceptors (Lipinski definition) is 4. The molecule has 1 fully saturated rings. The molecule has 5 nitrogen and oxygen atoms in total. The average molecular weight is 359 g/mol. The predicted molar refractivity (Wildman–Crippen MR) is 105 cm³/mol. The lowest BCUT2D eigenvalue weighted by Crippen LogP contribution is -2.40. The van der Waals surface area contributed by atoms with E-state index in [-0.39, 0.29) is 0 Å². The third kappa shape index (κ3) is 5.26. The van der Waals surface area contributed by atoms with Gasteiger partial charge in [0.1, 0.15) is 6.26 Å². The molecule has 1 atom stereocenters. The van der Waals surface area contributed by atoms with Gasteiger partial charge in [-0.1, -0.05) is 17.7 Å². The fraction of sp³-hybridized carbons (Fsp3) is 0.474. The van der Waals surface area contributed by atoms with Crippen LogP contribution in [0, 0.1) is 6.92 Å². The third-order valence-electron chi connectivity index (χ3n) is 4.27. The minimum atomic E-state index is 0.677. The fourth-order valence-corrected chi connectivity index (χ4v) is 4.00. The summed E-state index contributed by atoms with van der Waals surface area (Å²) in [6, 6.07) is 8.21. The molecule has 6 heteroatoms. The Bertz CT molecular complexity index is 690. The number of oxazole rings is 1. The van der Waals surface area contributed by atoms with Gasteiger partial charge in [0.25, 0.3) is 0 Å². The number of thioether (sulfide) groups is 1. The minimum Gasteiger partial charge on any atom is -0.444 e. The van der Waals surface area contributed by atoms with E-state index in [1.165, 1.54) is 24.2 Å². The molecule has 1 aromatic carbocycles. The number of aryl methyl sites for hydroxylation is 1. The standard InChI is InChI=1S/C19H26N4OS/c1-14-5-7-15(8-6-14)18-23-16(13-24-18)9-10-21-19(20-2)22-12-17-4-3-11-25-17/h5-8,13,17H,3-4,9-12H2,1-2H3,(H2,20,21,22). The first-order valence-corrected chi connectivity index (χ1v) is 9.87. The Morgan fingerprint density at radius 3 is 2.88 bits per heavy atom. The number of guanidine groups is 1. The maximum atomic E-state index is 5.60. The van der Waals surface area contributed by atoms with Crippen LogP contribution < -0.4 is 10.6 Å². The van der Waals surface area contributed by atoms with Gasteiger partial charge in [-0.2, -0.15) is 11.8 Å². The first-order chi connectivity index (χ1) is 12.2. The molecule has 1 aromatic heterocycles. The molecule has 1 aliphatic rings. The summed E-state index contributed by atoms with van der Waals surface area (Å²) in [7, 11) is 1.81. The van der Waals surface area contributed by atoms with Crippen LogP contribution in [0.2, 0.25) is 0 Å². The number of rotatable bonds is 6. The van der Waals surface area contributed by atoms with Crippen molar-refractivity contribution in [3.8, 4) is 11.5 Å². The van der Waals surface area contributed by atoms with Gasteiger partial charge in [0.05, 0.1) is 5.69 Å². The number of nitrogens with one attached hydrogen (secondary N) is 2. The van der Waals surface area contributed by atoms with Crippen LogP contribution in [0.1, 0.15) is 24.1 Å². The van der Waals surface area contributed by atoms with Crippen molar-refractivity contribution in [1.29, 1.82) is 0 Å². The van der Waals surface area contributed by atoms with Crippen molar-refractivity contribution >= 4 is 17.7 Å². The van der Waals surface area contributed by atoms with Crippen LogP contribution in [0.15, 0.2) is 39.9 Å². The molecule has 134 valence electrons. The lowest BCUT2D eigenvalue weighted by atomic mass is 10.1. The van der Waals surface area contributed by atoms with Crippen LogP contribution in [-0.4, -0.2) is 42.1 Å². The summed E-state index contributed by atoms with van der Waals surface area (Å²) in [5.41, 5.74) is 3.19. The second-order valence-corrected chi connectivity index (χ2v) is 7.68. The number of aromatic nitrogens is 1. The van der Waals surface area contributed by atoms with E-state index in [9.17, 15) is 0 Å². The van der Waals surface area contributed by atoms with Crippen molar-refractivity contribution in [3.63, 3.8) is 0 Å². The topological polar surface area (TPSA) is 62.5 Å². The molecular weight excluding hydrogens is 332 g/mol. The van der Waals surface area contributed by atoms with Gasteiger partial charge in [0.2, 0.25) is 5.89 Å². The summed E-state index contributed by atoms with van der Waals surface area (Å²) in [6.07, 6.45) is 5.17. The molecule has 1 unspecified atom stereocenters. The van der Waals surface area contributed by atoms with Crippen molar-refractivity contribution < 1.29 is 4.42 Å². The SMILES string of the molecule is CN=C(NCCc1coc(-c2ccc(C)cc2)n1)NCC1CCCS1. The van der Waals surface area contributed by atoms with E-state index in [2.05, 4.69) is 39.7 Å². The maximum absolute atomic E-state index is 5.60. The minimum absolute atomic E-state index is 0.677. The Balaban J connectivity index is 1.44. The van der Waals surface area contributed by atoms with Crippen LogP contribution in [0.25, 0.3) is 11.5 Å². The normalized spacial score (nSPS) is 17.7. The summed E-state index contributed by atoms with van der Waals surface area (Å²) in [5, 5.41) is 7.47. The highest BCUT2D eigenvalue weighted by Gasteiger charge is 2.15. The Kier molecular flexibility index (Phi) is 6.39. The second-order valence-electron chi connectivity index (χ2n) is 6.27. The molecule has 0 aliphatic carbocycles. The molecule has 1 saturated heterocycles. The molecule has 0 spiro atoms. The highest BCUT2D eigenvalue weighted by atomic mass is 32.2. The van der Waals surface area contributed by atoms with Gasteiger partial charge in [0.15, 0.2) is 5.96 Å². The van der Waals surface area contributed by atoms with Gasteiger partial charge in [-0.05, 0) is 37.7 Å². The van der Waals surface area contributed by atoms with E-state index in [4.69, 9.17) is 4.42 Å². The van der Waals surface area contributed by atoms with Crippen molar-refractivity contribution in [2.75, 3.05) is 25.9 Å². The molecule has 25 heavy (non-hydrogen) atoms. The van der Waals surface area contributed by atoms with E-state index in [0.29, 0.717) is 11.1 Å². The number of hydrogen-bond donors (Lipinski definition) is 2. The van der Waals surface area contributed by atoms with Crippen molar-refractivity contribution in [2.24, 2.45) is 4.99 Å². The Morgan fingerprint density at radius 2 is 2.16 bits per heavy atom. The molecule has 2 N–H and O–H groups in total. The zero-order valence-corrected chi connectivity index (χ0v) is 15.7. The lowest BCUT2D eigenvalue weighted by Gasteiger charge is -2.14. The zero-order chi connectivity index (χ0) is 17.5. The van der Waals surface area contributed by atoms with Gasteiger partial charge >= 0.3 is 0 Å². The largest absolute Gasteiger partial charge is 0.444 e. The molecule has 0 saturated carbocycles. The van der Waals surface area contributed by atoms with E-state index >= 15 is 0 Å². The molecule has 0 bridgehead atoms. The Hall–Kier alpha value is -1.95.